The lowest BCUT2D eigenvalue weighted by molar-refractivity contribution is 0.211. The molecule has 2 aliphatic heterocycles. The fourth-order valence-corrected chi connectivity index (χ4v) is 4.15. The van der Waals surface area contributed by atoms with Gasteiger partial charge in [-0.1, -0.05) is 12.1 Å². The zero-order chi connectivity index (χ0) is 16.4. The number of rotatable bonds is 5. The van der Waals surface area contributed by atoms with Crippen molar-refractivity contribution < 1.29 is 4.74 Å². The summed E-state index contributed by atoms with van der Waals surface area (Å²) in [5.74, 6) is 1.12. The summed E-state index contributed by atoms with van der Waals surface area (Å²) in [5.41, 5.74) is 1.60. The van der Waals surface area contributed by atoms with Gasteiger partial charge in [-0.3, -0.25) is 0 Å². The van der Waals surface area contributed by atoms with E-state index in [9.17, 15) is 0 Å². The molecule has 3 heterocycles. The average molecular weight is 326 g/mol. The first-order chi connectivity index (χ1) is 11.8. The zero-order valence-corrected chi connectivity index (χ0v) is 14.3. The fraction of sp³-hybridized carbons (Fsp3) is 0.526. The predicted molar refractivity (Wildman–Crippen MR) is 98.9 cm³/mol. The van der Waals surface area contributed by atoms with Crippen LogP contribution in [0, 0.1) is 5.41 Å². The van der Waals surface area contributed by atoms with E-state index in [4.69, 9.17) is 9.72 Å². The van der Waals surface area contributed by atoms with Gasteiger partial charge in [0.05, 0.1) is 6.61 Å². The minimum atomic E-state index is 0.447. The van der Waals surface area contributed by atoms with Crippen molar-refractivity contribution >= 4 is 22.3 Å². The molecule has 1 aromatic carbocycles. The molecule has 24 heavy (non-hydrogen) atoms. The van der Waals surface area contributed by atoms with Crippen molar-refractivity contribution in [3.05, 3.63) is 30.5 Å². The van der Waals surface area contributed by atoms with Crippen molar-refractivity contribution in [3.8, 4) is 0 Å². The summed E-state index contributed by atoms with van der Waals surface area (Å²) in [5, 5.41) is 9.52. The number of nitrogens with one attached hydrogen (secondary N) is 2. The van der Waals surface area contributed by atoms with E-state index >= 15 is 0 Å². The Morgan fingerprint density at radius 1 is 1.33 bits per heavy atom. The normalized spacial score (nSPS) is 23.5. The Hall–Kier alpha value is -1.85. The molecule has 0 radical (unpaired) electrons. The second kappa shape index (κ2) is 6.57. The molecule has 0 amide bonds. The van der Waals surface area contributed by atoms with Crippen LogP contribution in [0.3, 0.4) is 0 Å². The Morgan fingerprint density at radius 3 is 3.12 bits per heavy atom. The molecular formula is C19H26N4O. The maximum Gasteiger partial charge on any atom is 0.138 e. The molecule has 1 aromatic heterocycles. The molecular weight excluding hydrogens is 300 g/mol. The molecule has 5 nitrogen and oxygen atoms in total. The SMILES string of the molecule is COCCNc1cccc2ccnc(N3CCC4(CCNC4)C3)c12. The number of benzene rings is 1. The average Bonchev–Trinajstić information content (AvgIpc) is 3.25. The van der Waals surface area contributed by atoms with Crippen molar-refractivity contribution in [2.24, 2.45) is 5.41 Å². The molecule has 0 bridgehead atoms. The van der Waals surface area contributed by atoms with Crippen molar-refractivity contribution in [3.63, 3.8) is 0 Å². The van der Waals surface area contributed by atoms with Crippen LogP contribution in [0.15, 0.2) is 30.5 Å². The van der Waals surface area contributed by atoms with Gasteiger partial charge < -0.3 is 20.3 Å². The first-order valence-electron chi connectivity index (χ1n) is 8.88. The summed E-state index contributed by atoms with van der Waals surface area (Å²) in [7, 11) is 1.73. The Kier molecular flexibility index (Phi) is 4.29. The number of hydrogen-bond acceptors (Lipinski definition) is 5. The van der Waals surface area contributed by atoms with Crippen molar-refractivity contribution in [2.75, 3.05) is 56.7 Å². The third-order valence-corrected chi connectivity index (χ3v) is 5.46. The number of anilines is 2. The van der Waals surface area contributed by atoms with E-state index in [2.05, 4.69) is 39.8 Å². The quantitative estimate of drug-likeness (QED) is 0.827. The summed E-state index contributed by atoms with van der Waals surface area (Å²) in [6.45, 7) is 6.01. The summed E-state index contributed by atoms with van der Waals surface area (Å²) >= 11 is 0. The van der Waals surface area contributed by atoms with Crippen LogP contribution in [0.25, 0.3) is 10.8 Å². The highest BCUT2D eigenvalue weighted by Gasteiger charge is 2.41. The maximum atomic E-state index is 5.17. The first kappa shape index (κ1) is 15.7. The van der Waals surface area contributed by atoms with Gasteiger partial charge >= 0.3 is 0 Å². The zero-order valence-electron chi connectivity index (χ0n) is 14.3. The van der Waals surface area contributed by atoms with Crippen molar-refractivity contribution in [1.82, 2.24) is 10.3 Å². The molecule has 1 atom stereocenters. The van der Waals surface area contributed by atoms with Gasteiger partial charge in [-0.05, 0) is 36.9 Å². The van der Waals surface area contributed by atoms with Gasteiger partial charge in [-0.2, -0.15) is 0 Å². The van der Waals surface area contributed by atoms with E-state index < -0.39 is 0 Å². The third kappa shape index (κ3) is 2.82. The molecule has 0 saturated carbocycles. The summed E-state index contributed by atoms with van der Waals surface area (Å²) in [6, 6.07) is 8.52. The molecule has 2 aromatic rings. The minimum Gasteiger partial charge on any atom is -0.383 e. The molecule has 2 fully saturated rings. The van der Waals surface area contributed by atoms with Gasteiger partial charge in [-0.25, -0.2) is 4.98 Å². The van der Waals surface area contributed by atoms with E-state index in [1.54, 1.807) is 7.11 Å². The van der Waals surface area contributed by atoms with E-state index in [1.807, 2.05) is 6.20 Å². The summed E-state index contributed by atoms with van der Waals surface area (Å²) in [6.07, 6.45) is 4.49. The van der Waals surface area contributed by atoms with E-state index in [0.717, 1.165) is 44.2 Å². The smallest absolute Gasteiger partial charge is 0.138 e. The van der Waals surface area contributed by atoms with E-state index in [-0.39, 0.29) is 0 Å². The Labute approximate surface area is 143 Å². The predicted octanol–water partition coefficient (Wildman–Crippen LogP) is 2.48. The molecule has 1 spiro atoms. The van der Waals surface area contributed by atoms with Crippen LogP contribution in [-0.4, -0.2) is 51.4 Å². The fourth-order valence-electron chi connectivity index (χ4n) is 4.15. The molecule has 1 unspecified atom stereocenters. The number of aromatic nitrogens is 1. The molecule has 2 N–H and O–H groups in total. The number of fused-ring (bicyclic) bond motifs is 1. The van der Waals surface area contributed by atoms with Crippen LogP contribution >= 0.6 is 0 Å². The van der Waals surface area contributed by atoms with Crippen LogP contribution < -0.4 is 15.5 Å². The lowest BCUT2D eigenvalue weighted by atomic mass is 9.86. The minimum absolute atomic E-state index is 0.447. The van der Waals surface area contributed by atoms with Gasteiger partial charge in [0.25, 0.3) is 0 Å². The number of nitrogens with zero attached hydrogens (tertiary/aromatic N) is 2. The molecule has 2 aliphatic rings. The highest BCUT2D eigenvalue weighted by Crippen LogP contribution is 2.40. The molecule has 4 rings (SSSR count). The van der Waals surface area contributed by atoms with Crippen LogP contribution in [0.2, 0.25) is 0 Å². The van der Waals surface area contributed by atoms with Gasteiger partial charge in [0.1, 0.15) is 5.82 Å². The van der Waals surface area contributed by atoms with E-state index in [1.165, 1.54) is 23.6 Å². The molecule has 2 saturated heterocycles. The molecule has 0 aliphatic carbocycles. The Morgan fingerprint density at radius 2 is 2.29 bits per heavy atom. The molecule has 5 heteroatoms. The molecule has 128 valence electrons. The van der Waals surface area contributed by atoms with Gasteiger partial charge in [-0.15, -0.1) is 0 Å². The summed E-state index contributed by atoms with van der Waals surface area (Å²) < 4.78 is 5.17. The third-order valence-electron chi connectivity index (χ3n) is 5.46. The van der Waals surface area contributed by atoms with Crippen molar-refractivity contribution in [1.29, 1.82) is 0 Å². The second-order valence-corrected chi connectivity index (χ2v) is 7.06. The first-order valence-corrected chi connectivity index (χ1v) is 8.88. The number of methoxy groups -OCH3 is 1. The van der Waals surface area contributed by atoms with Crippen LogP contribution in [-0.2, 0) is 4.74 Å². The van der Waals surface area contributed by atoms with Gasteiger partial charge in [0.15, 0.2) is 0 Å². The summed E-state index contributed by atoms with van der Waals surface area (Å²) in [4.78, 5) is 7.25. The highest BCUT2D eigenvalue weighted by molar-refractivity contribution is 6.02. The number of pyridine rings is 1. The monoisotopic (exact) mass is 326 g/mol. The topological polar surface area (TPSA) is 49.4 Å². The van der Waals surface area contributed by atoms with Crippen LogP contribution in [0.1, 0.15) is 12.8 Å². The van der Waals surface area contributed by atoms with Gasteiger partial charge in [0, 0.05) is 56.0 Å². The maximum absolute atomic E-state index is 5.17. The largest absolute Gasteiger partial charge is 0.383 e. The highest BCUT2D eigenvalue weighted by atomic mass is 16.5. The van der Waals surface area contributed by atoms with Crippen LogP contribution in [0.5, 0.6) is 0 Å². The van der Waals surface area contributed by atoms with Crippen molar-refractivity contribution in [2.45, 2.75) is 12.8 Å². The Bertz CT molecular complexity index is 706. The second-order valence-electron chi connectivity index (χ2n) is 7.06. The Balaban J connectivity index is 1.67. The van der Waals surface area contributed by atoms with Gasteiger partial charge in [0.2, 0.25) is 0 Å². The van der Waals surface area contributed by atoms with E-state index in [0.29, 0.717) is 12.0 Å². The number of hydrogen-bond donors (Lipinski definition) is 2. The lowest BCUT2D eigenvalue weighted by Crippen LogP contribution is -2.29. The van der Waals surface area contributed by atoms with Crippen LogP contribution in [0.4, 0.5) is 11.5 Å². The lowest BCUT2D eigenvalue weighted by Gasteiger charge is -2.25. The standard InChI is InChI=1S/C19H26N4O/c1-24-12-10-21-16-4-2-3-15-5-8-22-18(17(15)16)23-11-7-19(14-23)6-9-20-13-19/h2-5,8,20-21H,6-7,9-14H2,1H3. The number of ether oxygens (including phenoxy) is 1.